The summed E-state index contributed by atoms with van der Waals surface area (Å²) in [5, 5.41) is 6.76. The van der Waals surface area contributed by atoms with E-state index >= 15 is 0 Å². The molecule has 4 nitrogen and oxygen atoms in total. The van der Waals surface area contributed by atoms with Gasteiger partial charge in [-0.2, -0.15) is 0 Å². The highest BCUT2D eigenvalue weighted by Gasteiger charge is 2.14. The molecule has 0 radical (unpaired) electrons. The predicted molar refractivity (Wildman–Crippen MR) is 114 cm³/mol. The molecule has 1 aromatic rings. The number of unbranched alkanes of at least 4 members (excludes halogenated alkanes) is 1. The third kappa shape index (κ3) is 8.33. The second-order valence-electron chi connectivity index (χ2n) is 6.57. The minimum atomic E-state index is 0. The quantitative estimate of drug-likeness (QED) is 0.293. The Morgan fingerprint density at radius 1 is 1.12 bits per heavy atom. The summed E-state index contributed by atoms with van der Waals surface area (Å²) in [4.78, 5) is 6.90. The minimum Gasteiger partial charge on any atom is -0.356 e. The van der Waals surface area contributed by atoms with Crippen molar-refractivity contribution in [2.24, 2.45) is 10.9 Å². The van der Waals surface area contributed by atoms with Gasteiger partial charge in [0.2, 0.25) is 0 Å². The number of halogens is 1. The number of likely N-dealkylation sites (tertiary alicyclic amines) is 1. The van der Waals surface area contributed by atoms with Crippen LogP contribution in [0, 0.1) is 5.92 Å². The highest BCUT2D eigenvalue weighted by molar-refractivity contribution is 14.0. The number of hydrogen-bond donors (Lipinski definition) is 2. The molecule has 1 aliphatic rings. The largest absolute Gasteiger partial charge is 0.356 e. The van der Waals surface area contributed by atoms with Gasteiger partial charge in [0, 0.05) is 20.1 Å². The van der Waals surface area contributed by atoms with Gasteiger partial charge in [0.25, 0.3) is 0 Å². The summed E-state index contributed by atoms with van der Waals surface area (Å²) in [5.41, 5.74) is 1.27. The lowest BCUT2D eigenvalue weighted by atomic mass is 9.99. The molecule has 1 heterocycles. The van der Waals surface area contributed by atoms with Crippen molar-refractivity contribution in [1.29, 1.82) is 0 Å². The van der Waals surface area contributed by atoms with Crippen LogP contribution in [-0.2, 0) is 6.54 Å². The minimum absolute atomic E-state index is 0. The molecule has 1 fully saturated rings. The molecule has 0 bridgehead atoms. The summed E-state index contributed by atoms with van der Waals surface area (Å²) in [6.45, 7) is 7.98. The number of rotatable bonds is 7. The maximum atomic E-state index is 4.28. The number of piperidine rings is 1. The third-order valence-corrected chi connectivity index (χ3v) is 4.60. The highest BCUT2D eigenvalue weighted by atomic mass is 127. The van der Waals surface area contributed by atoms with E-state index in [-0.39, 0.29) is 24.0 Å². The van der Waals surface area contributed by atoms with E-state index in [4.69, 9.17) is 0 Å². The summed E-state index contributed by atoms with van der Waals surface area (Å²) in [6.07, 6.45) is 5.19. The van der Waals surface area contributed by atoms with Crippen LogP contribution >= 0.6 is 24.0 Å². The maximum absolute atomic E-state index is 4.28. The van der Waals surface area contributed by atoms with Crippen LogP contribution in [0.15, 0.2) is 35.3 Å². The summed E-state index contributed by atoms with van der Waals surface area (Å²) in [7, 11) is 1.83. The Labute approximate surface area is 164 Å². The second-order valence-corrected chi connectivity index (χ2v) is 6.57. The van der Waals surface area contributed by atoms with E-state index in [2.05, 4.69) is 51.7 Å². The summed E-state index contributed by atoms with van der Waals surface area (Å²) in [5.74, 6) is 1.81. The Morgan fingerprint density at radius 3 is 2.50 bits per heavy atom. The molecule has 24 heavy (non-hydrogen) atoms. The van der Waals surface area contributed by atoms with Gasteiger partial charge in [-0.3, -0.25) is 4.99 Å². The van der Waals surface area contributed by atoms with Crippen molar-refractivity contribution in [3.8, 4) is 0 Å². The molecule has 0 aliphatic carbocycles. The van der Waals surface area contributed by atoms with Gasteiger partial charge in [-0.05, 0) is 56.8 Å². The van der Waals surface area contributed by atoms with Gasteiger partial charge < -0.3 is 15.5 Å². The monoisotopic (exact) mass is 444 g/mol. The summed E-state index contributed by atoms with van der Waals surface area (Å²) < 4.78 is 0. The van der Waals surface area contributed by atoms with Crippen molar-refractivity contribution in [3.05, 3.63) is 35.9 Å². The molecule has 0 saturated carbocycles. The highest BCUT2D eigenvalue weighted by Crippen LogP contribution is 2.15. The molecule has 0 amide bonds. The summed E-state index contributed by atoms with van der Waals surface area (Å²) in [6, 6.07) is 10.4. The number of aliphatic imine (C=N–C) groups is 1. The molecular weight excluding hydrogens is 411 g/mol. The zero-order valence-electron chi connectivity index (χ0n) is 15.1. The van der Waals surface area contributed by atoms with Crippen molar-refractivity contribution in [2.75, 3.05) is 33.2 Å². The fraction of sp³-hybridized carbons (Fsp3) is 0.632. The average Bonchev–Trinajstić information content (AvgIpc) is 2.60. The fourth-order valence-corrected chi connectivity index (χ4v) is 2.96. The Balaban J connectivity index is 0.00000288. The first-order chi connectivity index (χ1) is 11.3. The average molecular weight is 444 g/mol. The van der Waals surface area contributed by atoms with Crippen molar-refractivity contribution >= 4 is 29.9 Å². The molecule has 1 aliphatic heterocycles. The Kier molecular flexibility index (Phi) is 11.1. The normalized spacial score (nSPS) is 16.5. The lowest BCUT2D eigenvalue weighted by Crippen LogP contribution is -2.38. The smallest absolute Gasteiger partial charge is 0.191 e. The maximum Gasteiger partial charge on any atom is 0.191 e. The van der Waals surface area contributed by atoms with Gasteiger partial charge in [-0.25, -0.2) is 0 Å². The van der Waals surface area contributed by atoms with E-state index in [1.807, 2.05) is 13.1 Å². The molecule has 136 valence electrons. The Bertz CT molecular complexity index is 456. The van der Waals surface area contributed by atoms with E-state index in [1.165, 1.54) is 50.9 Å². The van der Waals surface area contributed by atoms with Gasteiger partial charge in [-0.15, -0.1) is 24.0 Å². The topological polar surface area (TPSA) is 39.7 Å². The van der Waals surface area contributed by atoms with Crippen molar-refractivity contribution in [1.82, 2.24) is 15.5 Å². The number of benzene rings is 1. The fourth-order valence-electron chi connectivity index (χ4n) is 2.96. The van der Waals surface area contributed by atoms with Gasteiger partial charge >= 0.3 is 0 Å². The number of nitrogens with one attached hydrogen (secondary N) is 2. The molecule has 2 N–H and O–H groups in total. The van der Waals surface area contributed by atoms with Crippen LogP contribution in [0.4, 0.5) is 0 Å². The standard InChI is InChI=1S/C19H32N4.HI/c1-17-10-14-23(15-11-17)13-7-6-12-21-19(20-2)22-16-18-8-4-3-5-9-18;/h3-5,8-9,17H,6-7,10-16H2,1-2H3,(H2,20,21,22);1H. The first-order valence-electron chi connectivity index (χ1n) is 8.98. The number of guanidine groups is 1. The van der Waals surface area contributed by atoms with Crippen LogP contribution in [-0.4, -0.2) is 44.1 Å². The molecular formula is C19H33IN4. The lowest BCUT2D eigenvalue weighted by molar-refractivity contribution is 0.189. The zero-order chi connectivity index (χ0) is 16.3. The van der Waals surface area contributed by atoms with Gasteiger partial charge in [0.05, 0.1) is 0 Å². The molecule has 0 atom stereocenters. The molecule has 1 aromatic carbocycles. The number of hydrogen-bond acceptors (Lipinski definition) is 2. The van der Waals surface area contributed by atoms with E-state index in [0.717, 1.165) is 25.0 Å². The zero-order valence-corrected chi connectivity index (χ0v) is 17.5. The Morgan fingerprint density at radius 2 is 1.83 bits per heavy atom. The van der Waals surface area contributed by atoms with Crippen LogP contribution in [0.1, 0.15) is 38.2 Å². The first-order valence-corrected chi connectivity index (χ1v) is 8.98. The van der Waals surface area contributed by atoms with Crippen LogP contribution in [0.2, 0.25) is 0 Å². The molecule has 0 aromatic heterocycles. The number of nitrogens with zero attached hydrogens (tertiary/aromatic N) is 2. The van der Waals surface area contributed by atoms with Gasteiger partial charge in [0.1, 0.15) is 0 Å². The van der Waals surface area contributed by atoms with E-state index in [9.17, 15) is 0 Å². The third-order valence-electron chi connectivity index (χ3n) is 4.60. The molecule has 0 unspecified atom stereocenters. The van der Waals surface area contributed by atoms with Gasteiger partial charge in [-0.1, -0.05) is 37.3 Å². The van der Waals surface area contributed by atoms with E-state index in [1.54, 1.807) is 0 Å². The predicted octanol–water partition coefficient (Wildman–Crippen LogP) is 3.48. The van der Waals surface area contributed by atoms with Crippen LogP contribution in [0.25, 0.3) is 0 Å². The first kappa shape index (κ1) is 21.2. The lowest BCUT2D eigenvalue weighted by Gasteiger charge is -2.30. The van der Waals surface area contributed by atoms with Crippen LogP contribution in [0.3, 0.4) is 0 Å². The molecule has 1 saturated heterocycles. The van der Waals surface area contributed by atoms with Crippen molar-refractivity contribution in [2.45, 2.75) is 39.2 Å². The molecule has 2 rings (SSSR count). The van der Waals surface area contributed by atoms with Gasteiger partial charge in [0.15, 0.2) is 5.96 Å². The Hall–Kier alpha value is -0.820. The molecule has 0 spiro atoms. The van der Waals surface area contributed by atoms with Crippen LogP contribution < -0.4 is 10.6 Å². The summed E-state index contributed by atoms with van der Waals surface area (Å²) >= 11 is 0. The van der Waals surface area contributed by atoms with E-state index < -0.39 is 0 Å². The van der Waals surface area contributed by atoms with Crippen LogP contribution in [0.5, 0.6) is 0 Å². The van der Waals surface area contributed by atoms with E-state index in [0.29, 0.717) is 0 Å². The molecule has 5 heteroatoms. The van der Waals surface area contributed by atoms with Crippen molar-refractivity contribution in [3.63, 3.8) is 0 Å². The SMILES string of the molecule is CN=C(NCCCCN1CCC(C)CC1)NCc1ccccc1.I. The second kappa shape index (κ2) is 12.5. The van der Waals surface area contributed by atoms with Crippen molar-refractivity contribution < 1.29 is 0 Å².